The first-order valence-corrected chi connectivity index (χ1v) is 10.1. The molecule has 0 saturated carbocycles. The zero-order valence-electron chi connectivity index (χ0n) is 16.7. The molecule has 2 N–H and O–H groups in total. The molecule has 1 saturated heterocycles. The molecule has 0 radical (unpaired) electrons. The number of aryl methyl sites for hydroxylation is 1. The van der Waals surface area contributed by atoms with Crippen molar-refractivity contribution in [3.8, 4) is 17.1 Å². The molecule has 1 fully saturated rings. The highest BCUT2D eigenvalue weighted by atomic mass is 16.3. The third-order valence-electron chi connectivity index (χ3n) is 5.10. The molecule has 7 heteroatoms. The van der Waals surface area contributed by atoms with Crippen LogP contribution in [0.15, 0.2) is 53.1 Å². The Balaban J connectivity index is 1.47. The van der Waals surface area contributed by atoms with Crippen LogP contribution < -0.4 is 10.6 Å². The molecule has 29 heavy (non-hydrogen) atoms. The summed E-state index contributed by atoms with van der Waals surface area (Å²) < 4.78 is 7.47. The largest absolute Gasteiger partial charge is 0.460 e. The molecule has 0 spiro atoms. The maximum Gasteiger partial charge on any atom is 0.255 e. The average molecular weight is 393 g/mol. The van der Waals surface area contributed by atoms with E-state index < -0.39 is 0 Å². The summed E-state index contributed by atoms with van der Waals surface area (Å²) in [6, 6.07) is 13.5. The molecular weight excluding hydrogens is 366 g/mol. The molecule has 152 valence electrons. The van der Waals surface area contributed by atoms with Gasteiger partial charge in [-0.05, 0) is 44.2 Å². The molecule has 1 aliphatic heterocycles. The fourth-order valence-corrected chi connectivity index (χ4v) is 3.53. The first kappa shape index (κ1) is 19.4. The summed E-state index contributed by atoms with van der Waals surface area (Å²) >= 11 is 0. The third kappa shape index (κ3) is 4.75. The lowest BCUT2D eigenvalue weighted by molar-refractivity contribution is 0.0951. The Morgan fingerprint density at radius 2 is 1.97 bits per heavy atom. The second-order valence-corrected chi connectivity index (χ2v) is 7.28. The minimum Gasteiger partial charge on any atom is -0.460 e. The Bertz CT molecular complexity index is 941. The summed E-state index contributed by atoms with van der Waals surface area (Å²) in [6.45, 7) is 7.73. The maximum absolute atomic E-state index is 12.9. The molecule has 1 aliphatic rings. The number of furan rings is 1. The Labute approximate surface area is 170 Å². The first-order valence-electron chi connectivity index (χ1n) is 10.1. The van der Waals surface area contributed by atoms with Gasteiger partial charge in [-0.1, -0.05) is 18.2 Å². The summed E-state index contributed by atoms with van der Waals surface area (Å²) in [6.07, 6.45) is 2.70. The number of amides is 1. The Morgan fingerprint density at radius 1 is 1.17 bits per heavy atom. The smallest absolute Gasteiger partial charge is 0.255 e. The summed E-state index contributed by atoms with van der Waals surface area (Å²) in [5, 5.41) is 11.0. The highest BCUT2D eigenvalue weighted by Gasteiger charge is 2.20. The molecule has 1 amide bonds. The number of carbonyl (C=O) groups is 1. The van der Waals surface area contributed by atoms with Gasteiger partial charge in [-0.3, -0.25) is 4.79 Å². The lowest BCUT2D eigenvalue weighted by Gasteiger charge is -2.27. The van der Waals surface area contributed by atoms with Crippen LogP contribution in [0, 0.1) is 6.92 Å². The van der Waals surface area contributed by atoms with Crippen LogP contribution >= 0.6 is 0 Å². The molecule has 0 unspecified atom stereocenters. The van der Waals surface area contributed by atoms with Gasteiger partial charge in [0.1, 0.15) is 11.5 Å². The highest BCUT2D eigenvalue weighted by molar-refractivity contribution is 5.99. The van der Waals surface area contributed by atoms with Gasteiger partial charge in [0.05, 0.1) is 11.3 Å². The van der Waals surface area contributed by atoms with Crippen LogP contribution in [0.1, 0.15) is 22.5 Å². The molecule has 0 aliphatic carbocycles. The van der Waals surface area contributed by atoms with Crippen molar-refractivity contribution in [2.75, 3.05) is 39.3 Å². The van der Waals surface area contributed by atoms with E-state index in [1.54, 1.807) is 10.9 Å². The first-order chi connectivity index (χ1) is 14.2. The van der Waals surface area contributed by atoms with Crippen molar-refractivity contribution in [1.29, 1.82) is 0 Å². The normalized spacial score (nSPS) is 14.8. The second-order valence-electron chi connectivity index (χ2n) is 7.28. The monoisotopic (exact) mass is 393 g/mol. The van der Waals surface area contributed by atoms with E-state index >= 15 is 0 Å². The van der Waals surface area contributed by atoms with Crippen LogP contribution in [-0.2, 0) is 0 Å². The van der Waals surface area contributed by atoms with Crippen molar-refractivity contribution >= 4 is 5.91 Å². The van der Waals surface area contributed by atoms with E-state index in [0.717, 1.165) is 50.6 Å². The van der Waals surface area contributed by atoms with Gasteiger partial charge in [0.25, 0.3) is 5.91 Å². The highest BCUT2D eigenvalue weighted by Crippen LogP contribution is 2.25. The fraction of sp³-hybridized carbons (Fsp3) is 0.364. The molecule has 3 heterocycles. The molecule has 7 nitrogen and oxygen atoms in total. The van der Waals surface area contributed by atoms with Crippen LogP contribution in [-0.4, -0.2) is 59.9 Å². The lowest BCUT2D eigenvalue weighted by Crippen LogP contribution is -2.44. The van der Waals surface area contributed by atoms with Crippen molar-refractivity contribution in [3.05, 3.63) is 60.0 Å². The molecule has 0 bridgehead atoms. The van der Waals surface area contributed by atoms with Crippen molar-refractivity contribution in [2.24, 2.45) is 0 Å². The van der Waals surface area contributed by atoms with Crippen molar-refractivity contribution < 1.29 is 9.21 Å². The van der Waals surface area contributed by atoms with Gasteiger partial charge in [-0.15, -0.1) is 0 Å². The number of carbonyl (C=O) groups excluding carboxylic acids is 1. The van der Waals surface area contributed by atoms with Gasteiger partial charge in [0.2, 0.25) is 0 Å². The topological polar surface area (TPSA) is 75.3 Å². The van der Waals surface area contributed by atoms with Crippen LogP contribution in [0.4, 0.5) is 0 Å². The molecule has 3 aromatic rings. The number of rotatable bonds is 7. The lowest BCUT2D eigenvalue weighted by atomic mass is 10.2. The number of aromatic nitrogens is 2. The van der Waals surface area contributed by atoms with Gasteiger partial charge in [-0.2, -0.15) is 5.10 Å². The summed E-state index contributed by atoms with van der Waals surface area (Å²) in [5.41, 5.74) is 1.97. The van der Waals surface area contributed by atoms with Gasteiger partial charge < -0.3 is 20.0 Å². The van der Waals surface area contributed by atoms with Crippen LogP contribution in [0.25, 0.3) is 17.1 Å². The van der Waals surface area contributed by atoms with E-state index in [2.05, 4.69) is 20.6 Å². The number of piperazine rings is 1. The minimum absolute atomic E-state index is 0.128. The Kier molecular flexibility index (Phi) is 6.07. The van der Waals surface area contributed by atoms with E-state index in [4.69, 9.17) is 4.42 Å². The van der Waals surface area contributed by atoms with Gasteiger partial charge >= 0.3 is 0 Å². The summed E-state index contributed by atoms with van der Waals surface area (Å²) in [5.74, 6) is 1.26. The zero-order valence-corrected chi connectivity index (χ0v) is 16.7. The fourth-order valence-electron chi connectivity index (χ4n) is 3.53. The number of para-hydroxylation sites is 1. The molecule has 0 atom stereocenters. The quantitative estimate of drug-likeness (QED) is 0.603. The SMILES string of the molecule is Cc1ccc(-c2nn(-c3ccccc3)cc2C(=O)NCCCN2CCNCC2)o1. The summed E-state index contributed by atoms with van der Waals surface area (Å²) in [4.78, 5) is 15.3. The number of nitrogens with zero attached hydrogens (tertiary/aromatic N) is 3. The molecule has 1 aromatic carbocycles. The van der Waals surface area contributed by atoms with Crippen LogP contribution in [0.2, 0.25) is 0 Å². The second kappa shape index (κ2) is 9.07. The van der Waals surface area contributed by atoms with Crippen molar-refractivity contribution in [1.82, 2.24) is 25.3 Å². The Hall–Kier alpha value is -2.90. The number of benzene rings is 1. The Morgan fingerprint density at radius 3 is 2.69 bits per heavy atom. The number of hydrogen-bond acceptors (Lipinski definition) is 5. The number of nitrogens with one attached hydrogen (secondary N) is 2. The van der Waals surface area contributed by atoms with E-state index in [0.29, 0.717) is 23.6 Å². The predicted octanol–water partition coefficient (Wildman–Crippen LogP) is 2.47. The molecule has 2 aromatic heterocycles. The van der Waals surface area contributed by atoms with E-state index in [1.165, 1.54) is 0 Å². The molecule has 4 rings (SSSR count). The number of hydrogen-bond donors (Lipinski definition) is 2. The standard InChI is InChI=1S/C22H27N5O2/c1-17-8-9-20(29-17)21-19(16-27(25-21)18-6-3-2-4-7-18)22(28)24-10-5-13-26-14-11-23-12-15-26/h2-4,6-9,16,23H,5,10-15H2,1H3,(H,24,28). The van der Waals surface area contributed by atoms with Crippen molar-refractivity contribution in [2.45, 2.75) is 13.3 Å². The molecular formula is C22H27N5O2. The van der Waals surface area contributed by atoms with Crippen LogP contribution in [0.3, 0.4) is 0 Å². The van der Waals surface area contributed by atoms with Gasteiger partial charge in [-0.25, -0.2) is 4.68 Å². The predicted molar refractivity (Wildman–Crippen MR) is 112 cm³/mol. The van der Waals surface area contributed by atoms with E-state index in [1.807, 2.05) is 49.4 Å². The van der Waals surface area contributed by atoms with Gasteiger partial charge in [0, 0.05) is 38.9 Å². The van der Waals surface area contributed by atoms with Crippen LogP contribution in [0.5, 0.6) is 0 Å². The summed E-state index contributed by atoms with van der Waals surface area (Å²) in [7, 11) is 0. The minimum atomic E-state index is -0.128. The zero-order chi connectivity index (χ0) is 20.1. The van der Waals surface area contributed by atoms with Crippen molar-refractivity contribution in [3.63, 3.8) is 0 Å². The van der Waals surface area contributed by atoms with Gasteiger partial charge in [0.15, 0.2) is 5.76 Å². The average Bonchev–Trinajstić information content (AvgIpc) is 3.39. The third-order valence-corrected chi connectivity index (χ3v) is 5.10. The maximum atomic E-state index is 12.9. The van der Waals surface area contributed by atoms with E-state index in [9.17, 15) is 4.79 Å². The van der Waals surface area contributed by atoms with E-state index in [-0.39, 0.29) is 5.91 Å².